The van der Waals surface area contributed by atoms with Gasteiger partial charge in [-0.25, -0.2) is 0 Å². The van der Waals surface area contributed by atoms with Crippen LogP contribution < -0.4 is 5.32 Å². The number of guanidine groups is 1. The minimum Gasteiger partial charge on any atom is -0.356 e. The second-order valence-electron chi connectivity index (χ2n) is 5.75. The van der Waals surface area contributed by atoms with Gasteiger partial charge in [0.15, 0.2) is 5.96 Å². The molecule has 0 spiro atoms. The van der Waals surface area contributed by atoms with E-state index in [2.05, 4.69) is 58.7 Å². The Hall–Kier alpha value is -1.09. The van der Waals surface area contributed by atoms with Gasteiger partial charge in [-0.1, -0.05) is 6.07 Å². The standard InChI is InChI=1S/C17H27N5S.HI/c1-13-16(14(2)22(5)20-13)8-10-19-17(18-3)21(4)11-9-15-7-6-12-23-15;/h6-7,12H,8-11H2,1-5H3,(H,18,19);1H. The van der Waals surface area contributed by atoms with Crippen molar-refractivity contribution >= 4 is 41.3 Å². The maximum atomic E-state index is 4.47. The first kappa shape index (κ1) is 21.0. The lowest BCUT2D eigenvalue weighted by Gasteiger charge is -2.21. The van der Waals surface area contributed by atoms with E-state index in [1.165, 1.54) is 16.1 Å². The number of halogens is 1. The smallest absolute Gasteiger partial charge is 0.193 e. The van der Waals surface area contributed by atoms with E-state index in [-0.39, 0.29) is 24.0 Å². The van der Waals surface area contributed by atoms with Crippen molar-refractivity contribution in [2.75, 3.05) is 27.2 Å². The zero-order valence-corrected chi connectivity index (χ0v) is 18.3. The minimum atomic E-state index is 0. The van der Waals surface area contributed by atoms with Crippen LogP contribution in [0.2, 0.25) is 0 Å². The van der Waals surface area contributed by atoms with Crippen molar-refractivity contribution in [3.8, 4) is 0 Å². The van der Waals surface area contributed by atoms with Crippen molar-refractivity contribution in [3.63, 3.8) is 0 Å². The molecule has 0 atom stereocenters. The van der Waals surface area contributed by atoms with Crippen LogP contribution >= 0.6 is 35.3 Å². The quantitative estimate of drug-likeness (QED) is 0.409. The molecular formula is C17H28IN5S. The Kier molecular flexibility index (Phi) is 8.75. The van der Waals surface area contributed by atoms with Crippen molar-refractivity contribution in [2.45, 2.75) is 26.7 Å². The fraction of sp³-hybridized carbons (Fsp3) is 0.529. The van der Waals surface area contributed by atoms with Crippen LogP contribution in [0.3, 0.4) is 0 Å². The van der Waals surface area contributed by atoms with E-state index in [0.29, 0.717) is 0 Å². The van der Waals surface area contributed by atoms with Crippen molar-refractivity contribution in [3.05, 3.63) is 39.3 Å². The molecular weight excluding hydrogens is 433 g/mol. The highest BCUT2D eigenvalue weighted by molar-refractivity contribution is 14.0. The molecule has 0 radical (unpaired) electrons. The number of aliphatic imine (C=N–C) groups is 1. The lowest BCUT2D eigenvalue weighted by molar-refractivity contribution is 0.487. The Bertz CT molecular complexity index is 648. The first-order valence-corrected chi connectivity index (χ1v) is 8.84. The summed E-state index contributed by atoms with van der Waals surface area (Å²) in [6.45, 7) is 6.02. The summed E-state index contributed by atoms with van der Waals surface area (Å²) < 4.78 is 1.95. The van der Waals surface area contributed by atoms with Gasteiger partial charge in [0.1, 0.15) is 0 Å². The third-order valence-electron chi connectivity index (χ3n) is 4.16. The number of hydrogen-bond donors (Lipinski definition) is 1. The maximum absolute atomic E-state index is 4.47. The second-order valence-corrected chi connectivity index (χ2v) is 6.78. The molecule has 2 rings (SSSR count). The van der Waals surface area contributed by atoms with Crippen LogP contribution in [0.25, 0.3) is 0 Å². The Morgan fingerprint density at radius 3 is 2.67 bits per heavy atom. The highest BCUT2D eigenvalue weighted by Crippen LogP contribution is 2.12. The predicted octanol–water partition coefficient (Wildman–Crippen LogP) is 3.01. The molecule has 2 heterocycles. The summed E-state index contributed by atoms with van der Waals surface area (Å²) in [5.74, 6) is 0.945. The molecule has 7 heteroatoms. The number of thiophene rings is 1. The van der Waals surface area contributed by atoms with Gasteiger partial charge in [0.25, 0.3) is 0 Å². The molecule has 0 fully saturated rings. The highest BCUT2D eigenvalue weighted by atomic mass is 127. The highest BCUT2D eigenvalue weighted by Gasteiger charge is 2.10. The van der Waals surface area contributed by atoms with E-state index < -0.39 is 0 Å². The van der Waals surface area contributed by atoms with Crippen LogP contribution in [0, 0.1) is 13.8 Å². The van der Waals surface area contributed by atoms with Crippen LogP contribution in [0.1, 0.15) is 21.8 Å². The first-order valence-electron chi connectivity index (χ1n) is 7.96. The van der Waals surface area contributed by atoms with Crippen LogP contribution in [0.4, 0.5) is 0 Å². The molecule has 0 saturated heterocycles. The van der Waals surface area contributed by atoms with Gasteiger partial charge in [-0.2, -0.15) is 5.10 Å². The lowest BCUT2D eigenvalue weighted by atomic mass is 10.1. The van der Waals surface area contributed by atoms with E-state index in [9.17, 15) is 0 Å². The summed E-state index contributed by atoms with van der Waals surface area (Å²) in [4.78, 5) is 7.98. The summed E-state index contributed by atoms with van der Waals surface area (Å²) in [5, 5.41) is 10.1. The summed E-state index contributed by atoms with van der Waals surface area (Å²) >= 11 is 1.81. The zero-order chi connectivity index (χ0) is 16.8. The summed E-state index contributed by atoms with van der Waals surface area (Å²) in [5.41, 5.74) is 3.69. The number of rotatable bonds is 6. The average Bonchev–Trinajstić information content (AvgIpc) is 3.12. The average molecular weight is 461 g/mol. The normalized spacial score (nSPS) is 11.3. The van der Waals surface area contributed by atoms with Gasteiger partial charge in [0, 0.05) is 44.8 Å². The van der Waals surface area contributed by atoms with Crippen molar-refractivity contribution in [1.29, 1.82) is 0 Å². The van der Waals surface area contributed by atoms with Gasteiger partial charge in [-0.05, 0) is 43.7 Å². The molecule has 24 heavy (non-hydrogen) atoms. The molecule has 2 aromatic heterocycles. The van der Waals surface area contributed by atoms with E-state index in [4.69, 9.17) is 0 Å². The molecule has 0 saturated carbocycles. The number of aromatic nitrogens is 2. The van der Waals surface area contributed by atoms with Gasteiger partial charge >= 0.3 is 0 Å². The second kappa shape index (κ2) is 10.0. The largest absolute Gasteiger partial charge is 0.356 e. The van der Waals surface area contributed by atoms with E-state index >= 15 is 0 Å². The molecule has 5 nitrogen and oxygen atoms in total. The zero-order valence-electron chi connectivity index (χ0n) is 15.2. The van der Waals surface area contributed by atoms with E-state index in [1.54, 1.807) is 0 Å². The molecule has 0 aromatic carbocycles. The van der Waals surface area contributed by atoms with Gasteiger partial charge in [0.2, 0.25) is 0 Å². The number of aryl methyl sites for hydroxylation is 2. The van der Waals surface area contributed by atoms with Gasteiger partial charge in [-0.3, -0.25) is 9.67 Å². The van der Waals surface area contributed by atoms with E-state index in [1.807, 2.05) is 30.1 Å². The molecule has 0 bridgehead atoms. The number of likely N-dealkylation sites (N-methyl/N-ethyl adjacent to an activating group) is 1. The molecule has 0 aliphatic rings. The fourth-order valence-corrected chi connectivity index (χ4v) is 3.40. The van der Waals surface area contributed by atoms with Gasteiger partial charge < -0.3 is 10.2 Å². The molecule has 2 aromatic rings. The van der Waals surface area contributed by atoms with Crippen LogP contribution in [0.15, 0.2) is 22.5 Å². The first-order chi connectivity index (χ1) is 11.0. The third-order valence-corrected chi connectivity index (χ3v) is 5.10. The monoisotopic (exact) mass is 461 g/mol. The van der Waals surface area contributed by atoms with Crippen molar-refractivity contribution < 1.29 is 0 Å². The van der Waals surface area contributed by atoms with Crippen LogP contribution in [0.5, 0.6) is 0 Å². The topological polar surface area (TPSA) is 45.5 Å². The summed E-state index contributed by atoms with van der Waals surface area (Å²) in [6, 6.07) is 4.29. The maximum Gasteiger partial charge on any atom is 0.193 e. The summed E-state index contributed by atoms with van der Waals surface area (Å²) in [7, 11) is 5.92. The number of hydrogen-bond acceptors (Lipinski definition) is 3. The van der Waals surface area contributed by atoms with Crippen molar-refractivity contribution in [1.82, 2.24) is 20.0 Å². The molecule has 0 unspecified atom stereocenters. The predicted molar refractivity (Wildman–Crippen MR) is 114 cm³/mol. The summed E-state index contributed by atoms with van der Waals surface area (Å²) in [6.07, 6.45) is 2.01. The Balaban J connectivity index is 0.00000288. The SMILES string of the molecule is CN=C(NCCc1c(C)nn(C)c1C)N(C)CCc1cccs1.I. The van der Waals surface area contributed by atoms with Gasteiger partial charge in [-0.15, -0.1) is 35.3 Å². The Morgan fingerprint density at radius 2 is 2.12 bits per heavy atom. The van der Waals surface area contributed by atoms with Gasteiger partial charge in [0.05, 0.1) is 5.69 Å². The van der Waals surface area contributed by atoms with Crippen LogP contribution in [-0.4, -0.2) is 47.8 Å². The van der Waals surface area contributed by atoms with Crippen LogP contribution in [-0.2, 0) is 19.9 Å². The minimum absolute atomic E-state index is 0. The lowest BCUT2D eigenvalue weighted by Crippen LogP contribution is -2.40. The molecule has 0 aliphatic carbocycles. The Morgan fingerprint density at radius 1 is 1.38 bits per heavy atom. The molecule has 1 N–H and O–H groups in total. The van der Waals surface area contributed by atoms with Crippen molar-refractivity contribution in [2.24, 2.45) is 12.0 Å². The van der Waals surface area contributed by atoms with E-state index in [0.717, 1.165) is 37.6 Å². The molecule has 0 aliphatic heterocycles. The number of nitrogens with one attached hydrogen (secondary N) is 1. The molecule has 0 amide bonds. The Labute approximate surface area is 166 Å². The number of nitrogens with zero attached hydrogens (tertiary/aromatic N) is 4. The third kappa shape index (κ3) is 5.47. The molecule has 134 valence electrons. The fourth-order valence-electron chi connectivity index (χ4n) is 2.70.